The smallest absolute Gasteiger partial charge is 0.274 e. The fourth-order valence-electron chi connectivity index (χ4n) is 2.87. The lowest BCUT2D eigenvalue weighted by molar-refractivity contribution is 0.0634. The van der Waals surface area contributed by atoms with Crippen molar-refractivity contribution in [1.82, 2.24) is 19.3 Å². The molecule has 8 heteroatoms. The summed E-state index contributed by atoms with van der Waals surface area (Å²) in [5.41, 5.74) is 0.305. The van der Waals surface area contributed by atoms with Gasteiger partial charge in [0.05, 0.1) is 5.75 Å². The van der Waals surface area contributed by atoms with E-state index in [1.807, 2.05) is 0 Å². The minimum Gasteiger partial charge on any atom is -0.333 e. The van der Waals surface area contributed by atoms with Crippen LogP contribution >= 0.6 is 0 Å². The van der Waals surface area contributed by atoms with Crippen molar-refractivity contribution >= 4 is 21.5 Å². The maximum atomic E-state index is 12.7. The Bertz CT molecular complexity index is 766. The van der Waals surface area contributed by atoms with E-state index in [4.69, 9.17) is 0 Å². The lowest BCUT2D eigenvalue weighted by Gasteiger charge is -2.34. The van der Waals surface area contributed by atoms with Crippen LogP contribution in [0.5, 0.6) is 0 Å². The number of likely N-dealkylation sites (tertiary alicyclic amines) is 1. The quantitative estimate of drug-likeness (QED) is 0.833. The van der Waals surface area contributed by atoms with Gasteiger partial charge in [-0.05, 0) is 25.3 Å². The monoisotopic (exact) mass is 322 g/mol. The largest absolute Gasteiger partial charge is 0.333 e. The molecule has 22 heavy (non-hydrogen) atoms. The Morgan fingerprint density at radius 1 is 1.41 bits per heavy atom. The number of fused-ring (bicyclic) bond motifs is 1. The van der Waals surface area contributed by atoms with E-state index >= 15 is 0 Å². The van der Waals surface area contributed by atoms with Gasteiger partial charge in [0.1, 0.15) is 15.5 Å². The van der Waals surface area contributed by atoms with Crippen LogP contribution < -0.4 is 0 Å². The summed E-state index contributed by atoms with van der Waals surface area (Å²) in [5.74, 6) is 0.242. The first-order valence-corrected chi connectivity index (χ1v) is 9.28. The lowest BCUT2D eigenvalue weighted by Crippen LogP contribution is -2.47. The van der Waals surface area contributed by atoms with E-state index < -0.39 is 9.84 Å². The fourth-order valence-corrected chi connectivity index (χ4v) is 3.92. The molecule has 0 aliphatic carbocycles. The van der Waals surface area contributed by atoms with Crippen molar-refractivity contribution in [2.75, 3.05) is 18.6 Å². The first kappa shape index (κ1) is 15.0. The zero-order valence-electron chi connectivity index (χ0n) is 12.3. The van der Waals surface area contributed by atoms with E-state index in [0.717, 1.165) is 12.8 Å². The molecule has 2 aromatic heterocycles. The van der Waals surface area contributed by atoms with Gasteiger partial charge in [-0.1, -0.05) is 0 Å². The summed E-state index contributed by atoms with van der Waals surface area (Å²) in [6, 6.07) is 1.49. The Morgan fingerprint density at radius 3 is 2.95 bits per heavy atom. The third-order valence-electron chi connectivity index (χ3n) is 3.84. The second-order valence-corrected chi connectivity index (χ2v) is 7.88. The van der Waals surface area contributed by atoms with Crippen LogP contribution in [-0.2, 0) is 9.84 Å². The predicted molar refractivity (Wildman–Crippen MR) is 81.4 cm³/mol. The van der Waals surface area contributed by atoms with Crippen molar-refractivity contribution in [3.05, 3.63) is 30.4 Å². The molecule has 1 saturated heterocycles. The van der Waals surface area contributed by atoms with Crippen LogP contribution in [0.15, 0.2) is 24.7 Å². The summed E-state index contributed by atoms with van der Waals surface area (Å²) in [7, 11) is -3.13. The molecule has 2 aromatic rings. The van der Waals surface area contributed by atoms with E-state index in [1.54, 1.807) is 34.0 Å². The van der Waals surface area contributed by atoms with Gasteiger partial charge in [0, 0.05) is 37.4 Å². The predicted octanol–water partition coefficient (Wildman–Crippen LogP) is 0.769. The molecule has 1 unspecified atom stereocenters. The maximum absolute atomic E-state index is 12.7. The fraction of sp³-hybridized carbons (Fsp3) is 0.500. The highest BCUT2D eigenvalue weighted by atomic mass is 32.2. The first-order valence-electron chi connectivity index (χ1n) is 7.22. The van der Waals surface area contributed by atoms with Crippen LogP contribution in [0.25, 0.3) is 5.78 Å². The molecule has 1 aliphatic rings. The van der Waals surface area contributed by atoms with Crippen LogP contribution in [0.2, 0.25) is 0 Å². The first-order chi connectivity index (χ1) is 10.4. The van der Waals surface area contributed by atoms with Gasteiger partial charge in [-0.3, -0.25) is 9.20 Å². The normalized spacial score (nSPS) is 19.5. The molecule has 0 aromatic carbocycles. The van der Waals surface area contributed by atoms with E-state index in [2.05, 4.69) is 9.97 Å². The number of sulfone groups is 1. The van der Waals surface area contributed by atoms with Gasteiger partial charge < -0.3 is 4.90 Å². The highest BCUT2D eigenvalue weighted by Crippen LogP contribution is 2.20. The molecule has 1 amide bonds. The van der Waals surface area contributed by atoms with Crippen LogP contribution in [0.3, 0.4) is 0 Å². The summed E-state index contributed by atoms with van der Waals surface area (Å²) < 4.78 is 24.8. The van der Waals surface area contributed by atoms with Gasteiger partial charge in [0.2, 0.25) is 5.78 Å². The van der Waals surface area contributed by atoms with Crippen molar-refractivity contribution in [3.63, 3.8) is 0 Å². The minimum absolute atomic E-state index is 0.00433. The topological polar surface area (TPSA) is 84.6 Å². The van der Waals surface area contributed by atoms with Gasteiger partial charge in [-0.2, -0.15) is 0 Å². The number of nitrogens with zero attached hydrogens (tertiary/aromatic N) is 4. The number of amides is 1. The second-order valence-electron chi connectivity index (χ2n) is 5.69. The number of imidazole rings is 1. The molecule has 0 radical (unpaired) electrons. The van der Waals surface area contributed by atoms with Gasteiger partial charge in [-0.15, -0.1) is 0 Å². The van der Waals surface area contributed by atoms with Gasteiger partial charge in [0.15, 0.2) is 0 Å². The Kier molecular flexibility index (Phi) is 3.86. The number of piperidine rings is 1. The number of hydrogen-bond acceptors (Lipinski definition) is 5. The molecule has 1 atom stereocenters. The minimum atomic E-state index is -3.13. The maximum Gasteiger partial charge on any atom is 0.274 e. The Morgan fingerprint density at radius 2 is 2.23 bits per heavy atom. The molecule has 1 fully saturated rings. The second kappa shape index (κ2) is 5.68. The van der Waals surface area contributed by atoms with Crippen molar-refractivity contribution in [2.24, 2.45) is 0 Å². The Labute approximate surface area is 128 Å². The average molecular weight is 322 g/mol. The van der Waals surface area contributed by atoms with Crippen LogP contribution in [0.1, 0.15) is 29.8 Å². The van der Waals surface area contributed by atoms with E-state index in [-0.39, 0.29) is 17.7 Å². The third-order valence-corrected chi connectivity index (χ3v) is 4.83. The Balaban J connectivity index is 1.88. The lowest BCUT2D eigenvalue weighted by atomic mass is 10.0. The molecule has 0 spiro atoms. The molecule has 0 N–H and O–H groups in total. The van der Waals surface area contributed by atoms with Crippen molar-refractivity contribution in [1.29, 1.82) is 0 Å². The number of carbonyl (C=O) groups excluding carboxylic acids is 1. The average Bonchev–Trinajstić information content (AvgIpc) is 2.89. The van der Waals surface area contributed by atoms with Gasteiger partial charge in [-0.25, -0.2) is 18.4 Å². The van der Waals surface area contributed by atoms with Gasteiger partial charge >= 0.3 is 0 Å². The van der Waals surface area contributed by atoms with Crippen LogP contribution in [0, 0.1) is 0 Å². The highest BCUT2D eigenvalue weighted by Gasteiger charge is 2.31. The summed E-state index contributed by atoms with van der Waals surface area (Å²) >= 11 is 0. The molecule has 3 rings (SSSR count). The third kappa shape index (κ3) is 3.11. The Hall–Kier alpha value is -1.96. The number of aromatic nitrogens is 3. The molecule has 0 saturated carbocycles. The van der Waals surface area contributed by atoms with E-state index in [0.29, 0.717) is 24.4 Å². The highest BCUT2D eigenvalue weighted by molar-refractivity contribution is 7.90. The molecular weight excluding hydrogens is 304 g/mol. The number of carbonyl (C=O) groups is 1. The summed E-state index contributed by atoms with van der Waals surface area (Å²) in [5, 5.41) is 0. The molecular formula is C14H18N4O3S. The van der Waals surface area contributed by atoms with Crippen LogP contribution in [-0.4, -0.2) is 58.2 Å². The molecule has 3 heterocycles. The van der Waals surface area contributed by atoms with E-state index in [1.165, 1.54) is 6.26 Å². The van der Waals surface area contributed by atoms with Crippen LogP contribution in [0.4, 0.5) is 0 Å². The SMILES string of the molecule is CS(=O)(=O)CC1CCCCN1C(=O)c1cn2cccnc2n1. The van der Waals surface area contributed by atoms with Crippen molar-refractivity contribution < 1.29 is 13.2 Å². The zero-order chi connectivity index (χ0) is 15.7. The van der Waals surface area contributed by atoms with Gasteiger partial charge in [0.25, 0.3) is 5.91 Å². The number of hydrogen-bond donors (Lipinski definition) is 0. The molecule has 118 valence electrons. The number of rotatable bonds is 3. The van der Waals surface area contributed by atoms with E-state index in [9.17, 15) is 13.2 Å². The molecule has 1 aliphatic heterocycles. The molecule has 7 nitrogen and oxygen atoms in total. The van der Waals surface area contributed by atoms with Crippen molar-refractivity contribution in [3.8, 4) is 0 Å². The summed E-state index contributed by atoms with van der Waals surface area (Å²) in [6.07, 6.45) is 8.77. The van der Waals surface area contributed by atoms with Crippen molar-refractivity contribution in [2.45, 2.75) is 25.3 Å². The molecule has 0 bridgehead atoms. The standard InChI is InChI=1S/C14H18N4O3S/c1-22(20,21)10-11-5-2-3-8-18(11)13(19)12-9-17-7-4-6-15-14(17)16-12/h4,6-7,9,11H,2-3,5,8,10H2,1H3. The summed E-state index contributed by atoms with van der Waals surface area (Å²) in [6.45, 7) is 0.570. The summed E-state index contributed by atoms with van der Waals surface area (Å²) in [4.78, 5) is 22.7. The zero-order valence-corrected chi connectivity index (χ0v) is 13.2.